The minimum absolute atomic E-state index is 0.172. The second-order valence-corrected chi connectivity index (χ2v) is 6.47. The molecule has 3 rings (SSSR count). The van der Waals surface area contributed by atoms with Crippen LogP contribution in [-0.2, 0) is 9.47 Å². The number of halogens is 1. The molecule has 0 saturated carbocycles. The standard InChI is InChI=1S/C22H22FNO5/c1-28-20(11-12-25)21(15-9-10-19(26)17(23)13-15)29-22(27)24-18-8-4-6-14-5-2-3-7-16(14)18/h2-10,13,20-21,25-26H,11-12H2,1H3,(H,24,27)/t20-,21-/m1/s1. The van der Waals surface area contributed by atoms with Gasteiger partial charge in [-0.2, -0.15) is 0 Å². The summed E-state index contributed by atoms with van der Waals surface area (Å²) in [6.07, 6.45) is -2.27. The van der Waals surface area contributed by atoms with Crippen LogP contribution in [0.2, 0.25) is 0 Å². The van der Waals surface area contributed by atoms with Crippen molar-refractivity contribution in [3.8, 4) is 5.75 Å². The fourth-order valence-corrected chi connectivity index (χ4v) is 3.17. The predicted molar refractivity (Wildman–Crippen MR) is 107 cm³/mol. The number of carbonyl (C=O) groups excluding carboxylic acids is 1. The number of nitrogens with one attached hydrogen (secondary N) is 1. The van der Waals surface area contributed by atoms with Crippen LogP contribution in [0.5, 0.6) is 5.75 Å². The van der Waals surface area contributed by atoms with E-state index in [1.54, 1.807) is 6.07 Å². The first-order chi connectivity index (χ1) is 14.0. The van der Waals surface area contributed by atoms with Crippen molar-refractivity contribution in [1.29, 1.82) is 0 Å². The van der Waals surface area contributed by atoms with Crippen LogP contribution in [0, 0.1) is 5.82 Å². The van der Waals surface area contributed by atoms with Gasteiger partial charge in [0.15, 0.2) is 17.7 Å². The van der Waals surface area contributed by atoms with E-state index in [4.69, 9.17) is 9.47 Å². The lowest BCUT2D eigenvalue weighted by molar-refractivity contribution is -0.0307. The summed E-state index contributed by atoms with van der Waals surface area (Å²) in [5.41, 5.74) is 0.869. The first-order valence-electron chi connectivity index (χ1n) is 9.11. The van der Waals surface area contributed by atoms with Gasteiger partial charge in [0.05, 0.1) is 5.69 Å². The molecular weight excluding hydrogens is 377 g/mol. The lowest BCUT2D eigenvalue weighted by atomic mass is 10.0. The van der Waals surface area contributed by atoms with E-state index < -0.39 is 29.9 Å². The summed E-state index contributed by atoms with van der Waals surface area (Å²) in [5.74, 6) is -1.35. The van der Waals surface area contributed by atoms with E-state index in [2.05, 4.69) is 5.32 Å². The number of benzene rings is 3. The molecule has 2 atom stereocenters. The monoisotopic (exact) mass is 399 g/mol. The number of hydrogen-bond donors (Lipinski definition) is 3. The molecule has 0 bridgehead atoms. The molecule has 29 heavy (non-hydrogen) atoms. The Hall–Kier alpha value is -3.16. The van der Waals surface area contributed by atoms with Gasteiger partial charge in [0, 0.05) is 25.5 Å². The first kappa shape index (κ1) is 20.6. The molecule has 0 unspecified atom stereocenters. The van der Waals surface area contributed by atoms with Crippen LogP contribution in [0.15, 0.2) is 60.7 Å². The molecule has 3 N–H and O–H groups in total. The minimum Gasteiger partial charge on any atom is -0.505 e. The number of phenols is 1. The van der Waals surface area contributed by atoms with Crippen LogP contribution < -0.4 is 5.32 Å². The molecule has 0 aliphatic carbocycles. The second-order valence-electron chi connectivity index (χ2n) is 6.47. The fraction of sp³-hybridized carbons (Fsp3) is 0.227. The lowest BCUT2D eigenvalue weighted by Gasteiger charge is -2.26. The Morgan fingerprint density at radius 2 is 1.90 bits per heavy atom. The zero-order valence-corrected chi connectivity index (χ0v) is 15.8. The van der Waals surface area contributed by atoms with E-state index in [0.717, 1.165) is 16.8 Å². The van der Waals surface area contributed by atoms with Crippen LogP contribution in [0.25, 0.3) is 10.8 Å². The van der Waals surface area contributed by atoms with E-state index in [-0.39, 0.29) is 13.0 Å². The van der Waals surface area contributed by atoms with Gasteiger partial charge in [-0.25, -0.2) is 9.18 Å². The van der Waals surface area contributed by atoms with Crippen LogP contribution in [0.3, 0.4) is 0 Å². The molecule has 0 aliphatic rings. The van der Waals surface area contributed by atoms with Gasteiger partial charge in [-0.15, -0.1) is 0 Å². The summed E-state index contributed by atoms with van der Waals surface area (Å²) in [6, 6.07) is 16.8. The third-order valence-electron chi connectivity index (χ3n) is 4.61. The predicted octanol–water partition coefficient (Wildman–Crippen LogP) is 4.37. The van der Waals surface area contributed by atoms with E-state index in [1.165, 1.54) is 19.2 Å². The smallest absolute Gasteiger partial charge is 0.412 e. The third-order valence-corrected chi connectivity index (χ3v) is 4.61. The van der Waals surface area contributed by atoms with Gasteiger partial charge >= 0.3 is 6.09 Å². The number of methoxy groups -OCH3 is 1. The van der Waals surface area contributed by atoms with Crippen molar-refractivity contribution in [3.05, 3.63) is 72.0 Å². The Morgan fingerprint density at radius 3 is 2.62 bits per heavy atom. The highest BCUT2D eigenvalue weighted by Gasteiger charge is 2.28. The third kappa shape index (κ3) is 4.82. The topological polar surface area (TPSA) is 88.0 Å². The Labute approximate surface area is 167 Å². The summed E-state index contributed by atoms with van der Waals surface area (Å²) in [6.45, 7) is -0.204. The number of phenolic OH excluding ortho intramolecular Hbond substituents is 1. The van der Waals surface area contributed by atoms with Crippen molar-refractivity contribution in [1.82, 2.24) is 0 Å². The van der Waals surface area contributed by atoms with Crippen LogP contribution in [0.4, 0.5) is 14.9 Å². The number of ether oxygens (including phenoxy) is 2. The molecule has 6 nitrogen and oxygen atoms in total. The molecule has 0 fully saturated rings. The summed E-state index contributed by atoms with van der Waals surface area (Å²) >= 11 is 0. The molecule has 0 heterocycles. The maximum Gasteiger partial charge on any atom is 0.412 e. The van der Waals surface area contributed by atoms with E-state index >= 15 is 0 Å². The van der Waals surface area contributed by atoms with Gasteiger partial charge in [-0.1, -0.05) is 42.5 Å². The molecule has 3 aromatic rings. The molecule has 0 aromatic heterocycles. The second kappa shape index (κ2) is 9.36. The van der Waals surface area contributed by atoms with Gasteiger partial charge in [-0.3, -0.25) is 5.32 Å². The maximum atomic E-state index is 13.9. The normalized spacial score (nSPS) is 13.1. The summed E-state index contributed by atoms with van der Waals surface area (Å²) in [7, 11) is 1.41. The Kier molecular flexibility index (Phi) is 6.64. The van der Waals surface area contributed by atoms with Crippen molar-refractivity contribution in [2.45, 2.75) is 18.6 Å². The van der Waals surface area contributed by atoms with E-state index in [9.17, 15) is 19.4 Å². The zero-order valence-electron chi connectivity index (χ0n) is 15.8. The van der Waals surface area contributed by atoms with Crippen molar-refractivity contribution < 1.29 is 28.9 Å². The van der Waals surface area contributed by atoms with Crippen molar-refractivity contribution in [2.24, 2.45) is 0 Å². The number of aromatic hydroxyl groups is 1. The molecule has 7 heteroatoms. The first-order valence-corrected chi connectivity index (χ1v) is 9.11. The highest BCUT2D eigenvalue weighted by Crippen LogP contribution is 2.30. The SMILES string of the molecule is CO[C@H](CCO)[C@H](OC(=O)Nc1cccc2ccccc12)c1ccc(O)c(F)c1. The number of anilines is 1. The van der Waals surface area contributed by atoms with Crippen molar-refractivity contribution in [3.63, 3.8) is 0 Å². The number of hydrogen-bond acceptors (Lipinski definition) is 5. The Bertz CT molecular complexity index is 989. The highest BCUT2D eigenvalue weighted by molar-refractivity contribution is 6.00. The Morgan fingerprint density at radius 1 is 1.14 bits per heavy atom. The average molecular weight is 399 g/mol. The maximum absolute atomic E-state index is 13.9. The van der Waals surface area contributed by atoms with Crippen molar-refractivity contribution in [2.75, 3.05) is 19.0 Å². The molecule has 0 aliphatic heterocycles. The molecular formula is C22H22FNO5. The van der Waals surface area contributed by atoms with Crippen LogP contribution >= 0.6 is 0 Å². The molecule has 152 valence electrons. The fourth-order valence-electron chi connectivity index (χ4n) is 3.17. The van der Waals surface area contributed by atoms with E-state index in [0.29, 0.717) is 11.3 Å². The molecule has 0 saturated heterocycles. The van der Waals surface area contributed by atoms with Gasteiger partial charge in [-0.05, 0) is 29.1 Å². The lowest BCUT2D eigenvalue weighted by Crippen LogP contribution is -2.29. The van der Waals surface area contributed by atoms with Gasteiger partial charge < -0.3 is 19.7 Å². The molecule has 1 amide bonds. The average Bonchev–Trinajstić information content (AvgIpc) is 2.73. The molecule has 0 radical (unpaired) electrons. The highest BCUT2D eigenvalue weighted by atomic mass is 19.1. The zero-order chi connectivity index (χ0) is 20.8. The number of amides is 1. The number of aliphatic hydroxyl groups is 1. The van der Waals surface area contributed by atoms with Gasteiger partial charge in [0.2, 0.25) is 0 Å². The quantitative estimate of drug-likeness (QED) is 0.549. The van der Waals surface area contributed by atoms with Crippen molar-refractivity contribution >= 4 is 22.6 Å². The number of carbonyl (C=O) groups is 1. The number of rotatable bonds is 7. The summed E-state index contributed by atoms with van der Waals surface area (Å²) in [4.78, 5) is 12.6. The Balaban J connectivity index is 1.86. The summed E-state index contributed by atoms with van der Waals surface area (Å²) in [5, 5.41) is 23.2. The number of aliphatic hydroxyl groups excluding tert-OH is 1. The van der Waals surface area contributed by atoms with Crippen LogP contribution in [0.1, 0.15) is 18.1 Å². The molecule has 0 spiro atoms. The van der Waals surface area contributed by atoms with Crippen LogP contribution in [-0.4, -0.2) is 36.1 Å². The van der Waals surface area contributed by atoms with E-state index in [1.807, 2.05) is 36.4 Å². The minimum atomic E-state index is -0.989. The van der Waals surface area contributed by atoms with Gasteiger partial charge in [0.1, 0.15) is 6.10 Å². The van der Waals surface area contributed by atoms with Gasteiger partial charge in [0.25, 0.3) is 0 Å². The summed E-state index contributed by atoms with van der Waals surface area (Å²) < 4.78 is 24.8. The number of fused-ring (bicyclic) bond motifs is 1. The molecule has 3 aromatic carbocycles. The largest absolute Gasteiger partial charge is 0.505 e.